The van der Waals surface area contributed by atoms with Crippen LogP contribution in [0.5, 0.6) is 0 Å². The van der Waals surface area contributed by atoms with Gasteiger partial charge in [-0.2, -0.15) is 0 Å². The Kier molecular flexibility index (Phi) is 6.37. The van der Waals surface area contributed by atoms with Crippen LogP contribution in [0.2, 0.25) is 0 Å². The Labute approximate surface area is 96.8 Å². The first-order valence-electron chi connectivity index (χ1n) is 5.89. The molecule has 1 aliphatic heterocycles. The van der Waals surface area contributed by atoms with Crippen molar-refractivity contribution in [2.45, 2.75) is 25.3 Å². The van der Waals surface area contributed by atoms with Crippen molar-refractivity contribution in [3.8, 4) is 0 Å². The second-order valence-electron chi connectivity index (χ2n) is 4.23. The topological polar surface area (TPSA) is 61.8 Å². The maximum atomic E-state index is 10.5. The SMILES string of the molecule is COCCN(CCC(=O)O)CC1CCCN1. The van der Waals surface area contributed by atoms with Gasteiger partial charge in [-0.05, 0) is 19.4 Å². The number of ether oxygens (including phenoxy) is 1. The molecule has 0 saturated carbocycles. The Bertz CT molecular complexity index is 205. The number of hydrogen-bond acceptors (Lipinski definition) is 4. The van der Waals surface area contributed by atoms with Crippen molar-refractivity contribution in [2.75, 3.05) is 39.9 Å². The van der Waals surface area contributed by atoms with E-state index in [1.165, 1.54) is 12.8 Å². The summed E-state index contributed by atoms with van der Waals surface area (Å²) in [5.41, 5.74) is 0. The van der Waals surface area contributed by atoms with Gasteiger partial charge in [0, 0.05) is 32.8 Å². The monoisotopic (exact) mass is 230 g/mol. The van der Waals surface area contributed by atoms with Gasteiger partial charge in [0.2, 0.25) is 0 Å². The van der Waals surface area contributed by atoms with Crippen LogP contribution in [-0.2, 0) is 9.53 Å². The fourth-order valence-corrected chi connectivity index (χ4v) is 1.99. The molecule has 0 aliphatic carbocycles. The number of aliphatic carboxylic acids is 1. The second-order valence-corrected chi connectivity index (χ2v) is 4.23. The van der Waals surface area contributed by atoms with Gasteiger partial charge < -0.3 is 15.2 Å². The van der Waals surface area contributed by atoms with Gasteiger partial charge in [0.05, 0.1) is 13.0 Å². The molecule has 0 bridgehead atoms. The van der Waals surface area contributed by atoms with Crippen molar-refractivity contribution in [2.24, 2.45) is 0 Å². The first-order valence-corrected chi connectivity index (χ1v) is 5.89. The van der Waals surface area contributed by atoms with Crippen molar-refractivity contribution in [1.82, 2.24) is 10.2 Å². The highest BCUT2D eigenvalue weighted by atomic mass is 16.5. The van der Waals surface area contributed by atoms with Crippen molar-refractivity contribution in [1.29, 1.82) is 0 Å². The highest BCUT2D eigenvalue weighted by Gasteiger charge is 2.18. The number of rotatable bonds is 8. The number of carboxylic acids is 1. The van der Waals surface area contributed by atoms with Gasteiger partial charge in [-0.3, -0.25) is 9.69 Å². The molecule has 5 nitrogen and oxygen atoms in total. The van der Waals surface area contributed by atoms with Crippen LogP contribution in [0.4, 0.5) is 0 Å². The van der Waals surface area contributed by atoms with E-state index < -0.39 is 5.97 Å². The molecule has 1 fully saturated rings. The molecule has 1 heterocycles. The summed E-state index contributed by atoms with van der Waals surface area (Å²) in [6, 6.07) is 0.519. The van der Waals surface area contributed by atoms with E-state index in [-0.39, 0.29) is 6.42 Å². The number of carbonyl (C=O) groups is 1. The Morgan fingerprint density at radius 1 is 1.56 bits per heavy atom. The van der Waals surface area contributed by atoms with Crippen LogP contribution in [-0.4, -0.2) is 61.9 Å². The van der Waals surface area contributed by atoms with Crippen LogP contribution < -0.4 is 5.32 Å². The Hall–Kier alpha value is -0.650. The Morgan fingerprint density at radius 2 is 2.38 bits per heavy atom. The number of nitrogens with one attached hydrogen (secondary N) is 1. The minimum absolute atomic E-state index is 0.205. The lowest BCUT2D eigenvalue weighted by molar-refractivity contribution is -0.137. The maximum absolute atomic E-state index is 10.5. The van der Waals surface area contributed by atoms with Crippen molar-refractivity contribution in [3.05, 3.63) is 0 Å². The number of hydrogen-bond donors (Lipinski definition) is 2. The zero-order chi connectivity index (χ0) is 11.8. The molecule has 0 aromatic carbocycles. The Morgan fingerprint density at radius 3 is 2.94 bits per heavy atom. The first kappa shape index (κ1) is 13.4. The third-order valence-corrected chi connectivity index (χ3v) is 2.89. The molecule has 1 rings (SSSR count). The average molecular weight is 230 g/mol. The standard InChI is InChI=1S/C11H22N2O3/c1-16-8-7-13(6-4-11(14)15)9-10-3-2-5-12-10/h10,12H,2-9H2,1H3,(H,14,15). The fraction of sp³-hybridized carbons (Fsp3) is 0.909. The molecular weight excluding hydrogens is 208 g/mol. The molecule has 1 unspecified atom stereocenters. The molecule has 0 aromatic rings. The van der Waals surface area contributed by atoms with E-state index in [2.05, 4.69) is 10.2 Å². The van der Waals surface area contributed by atoms with Crippen molar-refractivity contribution < 1.29 is 14.6 Å². The van der Waals surface area contributed by atoms with Gasteiger partial charge in [0.25, 0.3) is 0 Å². The summed E-state index contributed by atoms with van der Waals surface area (Å²) in [4.78, 5) is 12.7. The van der Waals surface area contributed by atoms with E-state index in [9.17, 15) is 4.79 Å². The lowest BCUT2D eigenvalue weighted by Crippen LogP contribution is -2.40. The molecular formula is C11H22N2O3. The fourth-order valence-electron chi connectivity index (χ4n) is 1.99. The summed E-state index contributed by atoms with van der Waals surface area (Å²) in [6.07, 6.45) is 2.62. The molecule has 0 amide bonds. The summed E-state index contributed by atoms with van der Waals surface area (Å²) in [7, 11) is 1.67. The minimum atomic E-state index is -0.734. The summed E-state index contributed by atoms with van der Waals surface area (Å²) in [6.45, 7) is 4.09. The molecule has 1 aliphatic rings. The molecule has 0 aromatic heterocycles. The second kappa shape index (κ2) is 7.60. The van der Waals surface area contributed by atoms with E-state index in [1.54, 1.807) is 7.11 Å². The third kappa shape index (κ3) is 5.44. The molecule has 2 N–H and O–H groups in total. The van der Waals surface area contributed by atoms with Crippen molar-refractivity contribution >= 4 is 5.97 Å². The van der Waals surface area contributed by atoms with E-state index in [1.807, 2.05) is 0 Å². The normalized spacial score (nSPS) is 20.5. The van der Waals surface area contributed by atoms with Gasteiger partial charge in [-0.15, -0.1) is 0 Å². The van der Waals surface area contributed by atoms with E-state index in [0.717, 1.165) is 19.6 Å². The predicted octanol–water partition coefficient (Wildman–Crippen LogP) is 0.162. The Balaban J connectivity index is 2.26. The predicted molar refractivity (Wildman–Crippen MR) is 61.6 cm³/mol. The third-order valence-electron chi connectivity index (χ3n) is 2.89. The van der Waals surface area contributed by atoms with Gasteiger partial charge >= 0.3 is 5.97 Å². The molecule has 1 saturated heterocycles. The van der Waals surface area contributed by atoms with Crippen LogP contribution in [0.1, 0.15) is 19.3 Å². The van der Waals surface area contributed by atoms with Crippen LogP contribution in [0, 0.1) is 0 Å². The average Bonchev–Trinajstić information content (AvgIpc) is 2.74. The minimum Gasteiger partial charge on any atom is -0.481 e. The van der Waals surface area contributed by atoms with Gasteiger partial charge in [-0.1, -0.05) is 0 Å². The highest BCUT2D eigenvalue weighted by Crippen LogP contribution is 2.07. The number of nitrogens with zero attached hydrogens (tertiary/aromatic N) is 1. The van der Waals surface area contributed by atoms with Gasteiger partial charge in [-0.25, -0.2) is 0 Å². The molecule has 94 valence electrons. The molecule has 1 atom stereocenters. The first-order chi connectivity index (χ1) is 7.72. The summed E-state index contributed by atoms with van der Waals surface area (Å²) < 4.78 is 5.03. The zero-order valence-corrected chi connectivity index (χ0v) is 9.95. The van der Waals surface area contributed by atoms with Crippen LogP contribution in [0.15, 0.2) is 0 Å². The molecule has 0 radical (unpaired) electrons. The molecule has 0 spiro atoms. The maximum Gasteiger partial charge on any atom is 0.304 e. The quantitative estimate of drug-likeness (QED) is 0.622. The lowest BCUT2D eigenvalue weighted by atomic mass is 10.2. The van der Waals surface area contributed by atoms with Gasteiger partial charge in [0.15, 0.2) is 0 Å². The summed E-state index contributed by atoms with van der Waals surface area (Å²) in [5.74, 6) is -0.734. The summed E-state index contributed by atoms with van der Waals surface area (Å²) >= 11 is 0. The number of methoxy groups -OCH3 is 1. The molecule has 5 heteroatoms. The lowest BCUT2D eigenvalue weighted by Gasteiger charge is -2.24. The van der Waals surface area contributed by atoms with E-state index >= 15 is 0 Å². The smallest absolute Gasteiger partial charge is 0.304 e. The highest BCUT2D eigenvalue weighted by molar-refractivity contribution is 5.66. The largest absolute Gasteiger partial charge is 0.481 e. The van der Waals surface area contributed by atoms with Gasteiger partial charge in [0.1, 0.15) is 0 Å². The zero-order valence-electron chi connectivity index (χ0n) is 9.95. The number of carboxylic acid groups (broad SMARTS) is 1. The van der Waals surface area contributed by atoms with Crippen LogP contribution >= 0.6 is 0 Å². The molecule has 16 heavy (non-hydrogen) atoms. The van der Waals surface area contributed by atoms with E-state index in [4.69, 9.17) is 9.84 Å². The van der Waals surface area contributed by atoms with Crippen molar-refractivity contribution in [3.63, 3.8) is 0 Å². The van der Waals surface area contributed by atoms with Crippen LogP contribution in [0.25, 0.3) is 0 Å². The summed E-state index contributed by atoms with van der Waals surface area (Å²) in [5, 5.41) is 12.1. The van der Waals surface area contributed by atoms with E-state index in [0.29, 0.717) is 19.2 Å². The van der Waals surface area contributed by atoms with Crippen LogP contribution in [0.3, 0.4) is 0 Å².